The first-order valence-corrected chi connectivity index (χ1v) is 6.55. The van der Waals surface area contributed by atoms with Gasteiger partial charge in [-0.05, 0) is 41.4 Å². The van der Waals surface area contributed by atoms with Crippen LogP contribution < -0.4 is 5.32 Å². The fourth-order valence-corrected chi connectivity index (χ4v) is 2.42. The fourth-order valence-electron chi connectivity index (χ4n) is 1.66. The maximum absolute atomic E-state index is 11.0. The third kappa shape index (κ3) is 2.94. The van der Waals surface area contributed by atoms with Crippen molar-refractivity contribution in [3.8, 4) is 0 Å². The molecule has 2 N–H and O–H groups in total. The smallest absolute Gasteiger partial charge is 0.337 e. The molecule has 4 nitrogen and oxygen atoms in total. The van der Waals surface area contributed by atoms with Crippen molar-refractivity contribution in [2.75, 3.05) is 0 Å². The van der Waals surface area contributed by atoms with Gasteiger partial charge >= 0.3 is 5.97 Å². The number of carboxylic acid groups (broad SMARTS) is 1. The van der Waals surface area contributed by atoms with Crippen LogP contribution in [0.2, 0.25) is 0 Å². The molecule has 0 amide bonds. The van der Waals surface area contributed by atoms with Gasteiger partial charge in [-0.25, -0.2) is 4.79 Å². The highest BCUT2D eigenvalue weighted by molar-refractivity contribution is 7.07. The normalized spacial score (nSPS) is 12.3. The highest BCUT2D eigenvalue weighted by Gasteiger charge is 2.12. The van der Waals surface area contributed by atoms with Gasteiger partial charge in [-0.1, -0.05) is 0 Å². The first-order chi connectivity index (χ1) is 8.68. The molecule has 0 fully saturated rings. The van der Waals surface area contributed by atoms with E-state index in [1.54, 1.807) is 29.7 Å². The van der Waals surface area contributed by atoms with Crippen molar-refractivity contribution in [3.63, 3.8) is 0 Å². The summed E-state index contributed by atoms with van der Waals surface area (Å²) >= 11 is 1.65. The van der Waals surface area contributed by atoms with Crippen molar-refractivity contribution in [2.45, 2.75) is 19.5 Å². The van der Waals surface area contributed by atoms with E-state index >= 15 is 0 Å². The van der Waals surface area contributed by atoms with Gasteiger partial charge in [0.15, 0.2) is 0 Å². The zero-order valence-electron chi connectivity index (χ0n) is 9.96. The van der Waals surface area contributed by atoms with Crippen LogP contribution in [0.25, 0.3) is 0 Å². The SMILES string of the molecule is CC(NCc1ncccc1C(=O)O)c1ccsc1. The predicted molar refractivity (Wildman–Crippen MR) is 70.8 cm³/mol. The van der Waals surface area contributed by atoms with Crippen molar-refractivity contribution in [1.82, 2.24) is 10.3 Å². The first-order valence-electron chi connectivity index (χ1n) is 5.61. The lowest BCUT2D eigenvalue weighted by atomic mass is 10.1. The van der Waals surface area contributed by atoms with Crippen molar-refractivity contribution < 1.29 is 9.90 Å². The second kappa shape index (κ2) is 5.75. The highest BCUT2D eigenvalue weighted by atomic mass is 32.1. The van der Waals surface area contributed by atoms with Crippen LogP contribution in [-0.4, -0.2) is 16.1 Å². The maximum atomic E-state index is 11.0. The van der Waals surface area contributed by atoms with Gasteiger partial charge in [-0.3, -0.25) is 4.98 Å². The number of hydrogen-bond donors (Lipinski definition) is 2. The average Bonchev–Trinajstić information content (AvgIpc) is 2.90. The van der Waals surface area contributed by atoms with Crippen molar-refractivity contribution in [2.24, 2.45) is 0 Å². The molecule has 1 atom stereocenters. The Bertz CT molecular complexity index is 526. The third-order valence-electron chi connectivity index (χ3n) is 2.74. The Morgan fingerprint density at radius 3 is 3.06 bits per heavy atom. The number of carbonyl (C=O) groups is 1. The quantitative estimate of drug-likeness (QED) is 0.869. The Morgan fingerprint density at radius 1 is 1.56 bits per heavy atom. The lowest BCUT2D eigenvalue weighted by Crippen LogP contribution is -2.20. The Kier molecular flexibility index (Phi) is 4.07. The zero-order chi connectivity index (χ0) is 13.0. The summed E-state index contributed by atoms with van der Waals surface area (Å²) in [5.74, 6) is -0.942. The van der Waals surface area contributed by atoms with Gasteiger partial charge in [0.2, 0.25) is 0 Å². The van der Waals surface area contributed by atoms with Crippen molar-refractivity contribution >= 4 is 17.3 Å². The van der Waals surface area contributed by atoms with Crippen LogP contribution in [-0.2, 0) is 6.54 Å². The monoisotopic (exact) mass is 262 g/mol. The molecule has 0 aromatic carbocycles. The fraction of sp³-hybridized carbons (Fsp3) is 0.231. The second-order valence-corrected chi connectivity index (χ2v) is 4.74. The number of carboxylic acids is 1. The molecule has 2 heterocycles. The molecule has 0 aliphatic carbocycles. The van der Waals surface area contributed by atoms with Gasteiger partial charge in [0.05, 0.1) is 11.3 Å². The largest absolute Gasteiger partial charge is 0.478 e. The number of pyridine rings is 1. The van der Waals surface area contributed by atoms with E-state index in [0.717, 1.165) is 0 Å². The lowest BCUT2D eigenvalue weighted by Gasteiger charge is -2.13. The number of nitrogens with one attached hydrogen (secondary N) is 1. The van der Waals surface area contributed by atoms with Crippen LogP contribution in [0.15, 0.2) is 35.2 Å². The van der Waals surface area contributed by atoms with E-state index in [9.17, 15) is 4.79 Å². The summed E-state index contributed by atoms with van der Waals surface area (Å²) < 4.78 is 0. The molecule has 0 aliphatic heterocycles. The van der Waals surface area contributed by atoms with E-state index in [1.165, 1.54) is 5.56 Å². The lowest BCUT2D eigenvalue weighted by molar-refractivity contribution is 0.0695. The maximum Gasteiger partial charge on any atom is 0.337 e. The summed E-state index contributed by atoms with van der Waals surface area (Å²) in [5.41, 5.74) is 2.02. The van der Waals surface area contributed by atoms with Gasteiger partial charge in [-0.15, -0.1) is 0 Å². The van der Waals surface area contributed by atoms with Crippen molar-refractivity contribution in [3.05, 3.63) is 52.0 Å². The Labute approximate surface area is 109 Å². The van der Waals surface area contributed by atoms with E-state index in [2.05, 4.69) is 21.7 Å². The number of rotatable bonds is 5. The molecule has 18 heavy (non-hydrogen) atoms. The van der Waals surface area contributed by atoms with E-state index in [0.29, 0.717) is 12.2 Å². The summed E-state index contributed by atoms with van der Waals surface area (Å²) in [4.78, 5) is 15.1. The Morgan fingerprint density at radius 2 is 2.39 bits per heavy atom. The van der Waals surface area contributed by atoms with E-state index < -0.39 is 5.97 Å². The van der Waals surface area contributed by atoms with Gasteiger partial charge in [-0.2, -0.15) is 11.3 Å². The standard InChI is InChI=1S/C13H14N2O2S/c1-9(10-4-6-18-8-10)15-7-12-11(13(16)17)3-2-5-14-12/h2-6,8-9,15H,7H2,1H3,(H,16,17). The van der Waals surface area contributed by atoms with Crippen LogP contribution in [0.3, 0.4) is 0 Å². The number of nitrogens with zero attached hydrogens (tertiary/aromatic N) is 1. The molecule has 2 aromatic rings. The molecule has 0 spiro atoms. The second-order valence-electron chi connectivity index (χ2n) is 3.96. The van der Waals surface area contributed by atoms with Gasteiger partial charge in [0.25, 0.3) is 0 Å². The molecular weight excluding hydrogens is 248 g/mol. The summed E-state index contributed by atoms with van der Waals surface area (Å²) in [6, 6.07) is 5.44. The summed E-state index contributed by atoms with van der Waals surface area (Å²) in [5, 5.41) is 16.4. The summed E-state index contributed by atoms with van der Waals surface area (Å²) in [6.45, 7) is 2.49. The minimum absolute atomic E-state index is 0.180. The zero-order valence-corrected chi connectivity index (χ0v) is 10.8. The minimum atomic E-state index is -0.942. The summed E-state index contributed by atoms with van der Waals surface area (Å²) in [6.07, 6.45) is 1.61. The van der Waals surface area contributed by atoms with E-state index in [4.69, 9.17) is 5.11 Å². The van der Waals surface area contributed by atoms with Crippen LogP contribution in [0.4, 0.5) is 0 Å². The minimum Gasteiger partial charge on any atom is -0.478 e. The van der Waals surface area contributed by atoms with Crippen molar-refractivity contribution in [1.29, 1.82) is 0 Å². The van der Waals surface area contributed by atoms with Crippen LogP contribution >= 0.6 is 11.3 Å². The molecule has 94 valence electrons. The average molecular weight is 262 g/mol. The number of aromatic carboxylic acids is 1. The van der Waals surface area contributed by atoms with Crippen LogP contribution in [0.1, 0.15) is 34.6 Å². The molecule has 2 aromatic heterocycles. The topological polar surface area (TPSA) is 62.2 Å². The molecule has 5 heteroatoms. The van der Waals surface area contributed by atoms with E-state index in [1.807, 2.05) is 12.3 Å². The van der Waals surface area contributed by atoms with Gasteiger partial charge in [0.1, 0.15) is 0 Å². The third-order valence-corrected chi connectivity index (χ3v) is 3.44. The molecule has 1 unspecified atom stereocenters. The van der Waals surface area contributed by atoms with Gasteiger partial charge in [0, 0.05) is 18.8 Å². The van der Waals surface area contributed by atoms with Crippen LogP contribution in [0.5, 0.6) is 0 Å². The van der Waals surface area contributed by atoms with Crippen LogP contribution in [0, 0.1) is 0 Å². The number of thiophene rings is 1. The first kappa shape index (κ1) is 12.7. The molecule has 2 rings (SSSR count). The Balaban J connectivity index is 2.04. The molecule has 0 saturated heterocycles. The molecule has 0 radical (unpaired) electrons. The number of hydrogen-bond acceptors (Lipinski definition) is 4. The molecule has 0 aliphatic rings. The number of aromatic nitrogens is 1. The highest BCUT2D eigenvalue weighted by Crippen LogP contribution is 2.16. The molecule has 0 saturated carbocycles. The summed E-state index contributed by atoms with van der Waals surface area (Å²) in [7, 11) is 0. The molecular formula is C13H14N2O2S. The molecule has 0 bridgehead atoms. The Hall–Kier alpha value is -1.72. The predicted octanol–water partition coefficient (Wildman–Crippen LogP) is 2.69. The van der Waals surface area contributed by atoms with E-state index in [-0.39, 0.29) is 11.6 Å². The van der Waals surface area contributed by atoms with Gasteiger partial charge < -0.3 is 10.4 Å².